The van der Waals surface area contributed by atoms with Crippen LogP contribution in [0.2, 0.25) is 0 Å². The van der Waals surface area contributed by atoms with Crippen molar-refractivity contribution in [2.45, 2.75) is 26.1 Å². The SMILES string of the molecule is Cc1c(Cc2ccccc2)c(=O)on1C(=O)NCc1ccc(C(F)(F)F)cc1. The summed E-state index contributed by atoms with van der Waals surface area (Å²) in [5.41, 5.74) is 0.764. The third-order valence-corrected chi connectivity index (χ3v) is 4.30. The van der Waals surface area contributed by atoms with Gasteiger partial charge in [-0.2, -0.15) is 13.2 Å². The average molecular weight is 390 g/mol. The molecule has 0 radical (unpaired) electrons. The van der Waals surface area contributed by atoms with Crippen molar-refractivity contribution in [1.82, 2.24) is 10.1 Å². The van der Waals surface area contributed by atoms with Crippen molar-refractivity contribution >= 4 is 6.03 Å². The average Bonchev–Trinajstić information content (AvgIpc) is 2.95. The Bertz CT molecular complexity index is 1020. The fourth-order valence-corrected chi connectivity index (χ4v) is 2.73. The number of nitrogens with one attached hydrogen (secondary N) is 1. The Labute approximate surface area is 158 Å². The second-order valence-corrected chi connectivity index (χ2v) is 6.25. The quantitative estimate of drug-likeness (QED) is 0.729. The van der Waals surface area contributed by atoms with Crippen LogP contribution >= 0.6 is 0 Å². The van der Waals surface area contributed by atoms with Gasteiger partial charge in [-0.1, -0.05) is 42.5 Å². The molecule has 1 aromatic heterocycles. The van der Waals surface area contributed by atoms with Crippen LogP contribution in [0.1, 0.15) is 27.9 Å². The van der Waals surface area contributed by atoms with Crippen LogP contribution in [0.4, 0.5) is 18.0 Å². The highest BCUT2D eigenvalue weighted by Gasteiger charge is 2.29. The molecule has 0 atom stereocenters. The minimum Gasteiger partial charge on any atom is -0.331 e. The summed E-state index contributed by atoms with van der Waals surface area (Å²) in [6.07, 6.45) is -4.09. The molecule has 0 aliphatic carbocycles. The fourth-order valence-electron chi connectivity index (χ4n) is 2.73. The summed E-state index contributed by atoms with van der Waals surface area (Å²) >= 11 is 0. The van der Waals surface area contributed by atoms with Crippen LogP contribution in [0.15, 0.2) is 63.9 Å². The molecular weight excluding hydrogens is 373 g/mol. The number of nitrogens with zero attached hydrogens (tertiary/aromatic N) is 1. The molecule has 8 heteroatoms. The largest absolute Gasteiger partial charge is 0.416 e. The summed E-state index contributed by atoms with van der Waals surface area (Å²) in [5, 5.41) is 2.53. The molecule has 0 aliphatic rings. The Morgan fingerprint density at radius 1 is 1.04 bits per heavy atom. The lowest BCUT2D eigenvalue weighted by Gasteiger charge is -2.09. The standard InChI is InChI=1S/C20H17F3N2O3/c1-13-17(11-14-5-3-2-4-6-14)18(26)28-25(13)19(27)24-12-15-7-9-16(10-8-15)20(21,22)23/h2-10H,11-12H2,1H3,(H,24,27). The summed E-state index contributed by atoms with van der Waals surface area (Å²) in [6.45, 7) is 1.59. The van der Waals surface area contributed by atoms with Gasteiger partial charge in [0.15, 0.2) is 0 Å². The first-order chi connectivity index (χ1) is 13.3. The first-order valence-corrected chi connectivity index (χ1v) is 8.46. The van der Waals surface area contributed by atoms with Crippen molar-refractivity contribution in [2.24, 2.45) is 0 Å². The highest BCUT2D eigenvalue weighted by atomic mass is 19.4. The number of carbonyl (C=O) groups excluding carboxylic acids is 1. The van der Waals surface area contributed by atoms with Crippen LogP contribution in [0.5, 0.6) is 0 Å². The fraction of sp³-hybridized carbons (Fsp3) is 0.200. The summed E-state index contributed by atoms with van der Waals surface area (Å²) < 4.78 is 43.6. The Morgan fingerprint density at radius 3 is 2.29 bits per heavy atom. The highest BCUT2D eigenvalue weighted by molar-refractivity contribution is 5.76. The van der Waals surface area contributed by atoms with E-state index < -0.39 is 23.4 Å². The van der Waals surface area contributed by atoms with Crippen LogP contribution in [-0.2, 0) is 19.1 Å². The van der Waals surface area contributed by atoms with Crippen molar-refractivity contribution < 1.29 is 22.5 Å². The zero-order chi connectivity index (χ0) is 20.3. The van der Waals surface area contributed by atoms with Crippen molar-refractivity contribution in [3.05, 3.63) is 93.0 Å². The van der Waals surface area contributed by atoms with E-state index in [2.05, 4.69) is 5.32 Å². The minimum absolute atomic E-state index is 0.00762. The molecule has 1 amide bonds. The van der Waals surface area contributed by atoms with Crippen LogP contribution in [0, 0.1) is 6.92 Å². The van der Waals surface area contributed by atoms with E-state index in [1.807, 2.05) is 30.3 Å². The summed E-state index contributed by atoms with van der Waals surface area (Å²) in [6, 6.07) is 13.1. The number of hydrogen-bond acceptors (Lipinski definition) is 3. The van der Waals surface area contributed by atoms with Crippen LogP contribution in [-0.4, -0.2) is 10.8 Å². The van der Waals surface area contributed by atoms with E-state index in [0.29, 0.717) is 23.2 Å². The summed E-state index contributed by atoms with van der Waals surface area (Å²) in [7, 11) is 0. The Kier molecular flexibility index (Phi) is 5.39. The number of halogens is 3. The van der Waals surface area contributed by atoms with Gasteiger partial charge in [-0.25, -0.2) is 9.59 Å². The lowest BCUT2D eigenvalue weighted by Crippen LogP contribution is -2.28. The first-order valence-electron chi connectivity index (χ1n) is 8.46. The van der Waals surface area contributed by atoms with E-state index in [0.717, 1.165) is 22.4 Å². The molecular formula is C20H17F3N2O3. The predicted molar refractivity (Wildman–Crippen MR) is 96.0 cm³/mol. The van der Waals surface area contributed by atoms with Crippen LogP contribution < -0.4 is 10.9 Å². The highest BCUT2D eigenvalue weighted by Crippen LogP contribution is 2.29. The van der Waals surface area contributed by atoms with Gasteiger partial charge in [-0.05, 0) is 30.2 Å². The molecule has 28 heavy (non-hydrogen) atoms. The van der Waals surface area contributed by atoms with Gasteiger partial charge in [-0.15, -0.1) is 4.74 Å². The number of amides is 1. The maximum absolute atomic E-state index is 12.6. The topological polar surface area (TPSA) is 64.2 Å². The summed E-state index contributed by atoms with van der Waals surface area (Å²) in [5.74, 6) is 0. The van der Waals surface area contributed by atoms with Crippen LogP contribution in [0.3, 0.4) is 0 Å². The number of carbonyl (C=O) groups is 1. The molecule has 0 aliphatic heterocycles. The van der Waals surface area contributed by atoms with E-state index in [-0.39, 0.29) is 6.54 Å². The van der Waals surface area contributed by atoms with Gasteiger partial charge in [0.25, 0.3) is 0 Å². The van der Waals surface area contributed by atoms with Gasteiger partial charge in [0.05, 0.1) is 16.8 Å². The van der Waals surface area contributed by atoms with Gasteiger partial charge >= 0.3 is 17.8 Å². The number of benzene rings is 2. The normalized spacial score (nSPS) is 11.4. The molecule has 1 N–H and O–H groups in total. The molecule has 0 spiro atoms. The third kappa shape index (κ3) is 4.33. The van der Waals surface area contributed by atoms with Gasteiger partial charge in [0.2, 0.25) is 0 Å². The Balaban J connectivity index is 1.69. The Hall–Kier alpha value is -3.29. The van der Waals surface area contributed by atoms with E-state index >= 15 is 0 Å². The number of alkyl halides is 3. The zero-order valence-electron chi connectivity index (χ0n) is 14.9. The van der Waals surface area contributed by atoms with Gasteiger partial charge < -0.3 is 9.84 Å². The zero-order valence-corrected chi connectivity index (χ0v) is 14.9. The second-order valence-electron chi connectivity index (χ2n) is 6.25. The molecule has 0 fully saturated rings. The lowest BCUT2D eigenvalue weighted by atomic mass is 10.1. The predicted octanol–water partition coefficient (Wildman–Crippen LogP) is 4.12. The van der Waals surface area contributed by atoms with Crippen LogP contribution in [0.25, 0.3) is 0 Å². The molecule has 2 aromatic carbocycles. The molecule has 3 rings (SSSR count). The monoisotopic (exact) mass is 390 g/mol. The Morgan fingerprint density at radius 2 is 1.68 bits per heavy atom. The second kappa shape index (κ2) is 7.75. The third-order valence-electron chi connectivity index (χ3n) is 4.30. The van der Waals surface area contributed by atoms with Crippen molar-refractivity contribution in [1.29, 1.82) is 0 Å². The smallest absolute Gasteiger partial charge is 0.331 e. The molecule has 3 aromatic rings. The van der Waals surface area contributed by atoms with E-state index in [1.165, 1.54) is 12.1 Å². The van der Waals surface area contributed by atoms with Gasteiger partial charge in [-0.3, -0.25) is 0 Å². The number of hydrogen-bond donors (Lipinski definition) is 1. The molecule has 0 bridgehead atoms. The molecule has 0 saturated carbocycles. The number of aromatic nitrogens is 1. The van der Waals surface area contributed by atoms with Crippen molar-refractivity contribution in [3.8, 4) is 0 Å². The molecule has 5 nitrogen and oxygen atoms in total. The lowest BCUT2D eigenvalue weighted by molar-refractivity contribution is -0.137. The maximum Gasteiger partial charge on any atom is 0.416 e. The van der Waals surface area contributed by atoms with Crippen molar-refractivity contribution in [3.63, 3.8) is 0 Å². The van der Waals surface area contributed by atoms with E-state index in [4.69, 9.17) is 4.52 Å². The van der Waals surface area contributed by atoms with Gasteiger partial charge in [0.1, 0.15) is 0 Å². The van der Waals surface area contributed by atoms with Gasteiger partial charge in [0, 0.05) is 13.0 Å². The molecule has 0 saturated heterocycles. The van der Waals surface area contributed by atoms with E-state index in [9.17, 15) is 22.8 Å². The van der Waals surface area contributed by atoms with Crippen molar-refractivity contribution in [2.75, 3.05) is 0 Å². The van der Waals surface area contributed by atoms with E-state index in [1.54, 1.807) is 6.92 Å². The summed E-state index contributed by atoms with van der Waals surface area (Å²) in [4.78, 5) is 24.4. The maximum atomic E-state index is 12.6. The number of rotatable bonds is 4. The first kappa shape index (κ1) is 19.5. The molecule has 146 valence electrons. The molecule has 0 unspecified atom stereocenters. The minimum atomic E-state index is -4.41. The molecule has 1 heterocycles.